The number of nitrogens with one attached hydrogen (secondary N) is 1. The lowest BCUT2D eigenvalue weighted by atomic mass is 10.1. The van der Waals surface area contributed by atoms with Crippen LogP contribution in [0.15, 0.2) is 0 Å². The van der Waals surface area contributed by atoms with Gasteiger partial charge in [0.25, 0.3) is 0 Å². The van der Waals surface area contributed by atoms with E-state index in [9.17, 15) is 8.42 Å². The van der Waals surface area contributed by atoms with Crippen molar-refractivity contribution in [2.45, 2.75) is 57.6 Å². The number of hydrogen-bond donors (Lipinski definition) is 1. The van der Waals surface area contributed by atoms with Crippen LogP contribution < -0.4 is 5.32 Å². The lowest BCUT2D eigenvalue weighted by Gasteiger charge is -2.35. The maximum atomic E-state index is 12.6. The van der Waals surface area contributed by atoms with Gasteiger partial charge in [-0.1, -0.05) is 13.3 Å². The maximum absolute atomic E-state index is 12.6. The van der Waals surface area contributed by atoms with Gasteiger partial charge in [0.2, 0.25) is 10.0 Å². The van der Waals surface area contributed by atoms with E-state index in [0.717, 1.165) is 51.6 Å². The molecular formula is C14H28N2O3S. The first-order valence-corrected chi connectivity index (χ1v) is 9.56. The Morgan fingerprint density at radius 2 is 2.10 bits per heavy atom. The Morgan fingerprint density at radius 1 is 1.25 bits per heavy atom. The number of ether oxygens (including phenoxy) is 1. The Labute approximate surface area is 123 Å². The topological polar surface area (TPSA) is 58.6 Å². The zero-order valence-electron chi connectivity index (χ0n) is 12.5. The minimum Gasteiger partial charge on any atom is -0.377 e. The van der Waals surface area contributed by atoms with Crippen LogP contribution in [0.4, 0.5) is 0 Å². The highest BCUT2D eigenvalue weighted by Gasteiger charge is 2.34. The van der Waals surface area contributed by atoms with Crippen molar-refractivity contribution in [2.24, 2.45) is 0 Å². The summed E-state index contributed by atoms with van der Waals surface area (Å²) < 4.78 is 32.4. The Balaban J connectivity index is 1.94. The molecule has 0 aromatic rings. The zero-order valence-corrected chi connectivity index (χ0v) is 13.3. The molecule has 2 fully saturated rings. The summed E-state index contributed by atoms with van der Waals surface area (Å²) in [5.74, 6) is 0.164. The second kappa shape index (κ2) is 7.73. The third-order valence-corrected chi connectivity index (χ3v) is 6.15. The molecule has 118 valence electrons. The van der Waals surface area contributed by atoms with Crippen LogP contribution in [0.3, 0.4) is 0 Å². The van der Waals surface area contributed by atoms with Gasteiger partial charge in [-0.15, -0.1) is 0 Å². The highest BCUT2D eigenvalue weighted by molar-refractivity contribution is 7.89. The monoisotopic (exact) mass is 304 g/mol. The first kappa shape index (κ1) is 16.2. The van der Waals surface area contributed by atoms with E-state index in [2.05, 4.69) is 12.2 Å². The molecule has 2 unspecified atom stereocenters. The molecule has 0 amide bonds. The summed E-state index contributed by atoms with van der Waals surface area (Å²) in [6, 6.07) is 0.127. The molecule has 0 spiro atoms. The van der Waals surface area contributed by atoms with E-state index >= 15 is 0 Å². The van der Waals surface area contributed by atoms with Gasteiger partial charge in [0.1, 0.15) is 0 Å². The standard InChI is InChI=1S/C14H28N2O3S/c1-2-8-15-11-13-6-3-4-9-16(13)20(17,18)12-14-7-5-10-19-14/h13-15H,2-12H2,1H3. The number of hydrogen-bond acceptors (Lipinski definition) is 4. The van der Waals surface area contributed by atoms with Crippen molar-refractivity contribution < 1.29 is 13.2 Å². The average molecular weight is 304 g/mol. The number of nitrogens with zero attached hydrogens (tertiary/aromatic N) is 1. The van der Waals surface area contributed by atoms with Crippen molar-refractivity contribution in [2.75, 3.05) is 32.0 Å². The van der Waals surface area contributed by atoms with E-state index in [1.807, 2.05) is 0 Å². The Hall–Kier alpha value is -0.170. The summed E-state index contributed by atoms with van der Waals surface area (Å²) in [4.78, 5) is 0. The van der Waals surface area contributed by atoms with Crippen molar-refractivity contribution in [1.82, 2.24) is 9.62 Å². The molecule has 2 aliphatic rings. The summed E-state index contributed by atoms with van der Waals surface area (Å²) >= 11 is 0. The van der Waals surface area contributed by atoms with E-state index in [1.54, 1.807) is 4.31 Å². The van der Waals surface area contributed by atoms with E-state index in [-0.39, 0.29) is 17.9 Å². The van der Waals surface area contributed by atoms with E-state index < -0.39 is 10.0 Å². The number of sulfonamides is 1. The minimum atomic E-state index is -3.18. The Kier molecular flexibility index (Phi) is 6.26. The van der Waals surface area contributed by atoms with Gasteiger partial charge in [0.15, 0.2) is 0 Å². The molecule has 2 rings (SSSR count). The fourth-order valence-corrected chi connectivity index (χ4v) is 5.06. The molecule has 0 radical (unpaired) electrons. The van der Waals surface area contributed by atoms with Gasteiger partial charge in [-0.2, -0.15) is 4.31 Å². The van der Waals surface area contributed by atoms with Crippen molar-refractivity contribution in [1.29, 1.82) is 0 Å². The van der Waals surface area contributed by atoms with Gasteiger partial charge in [-0.05, 0) is 38.6 Å². The van der Waals surface area contributed by atoms with Gasteiger partial charge in [-0.3, -0.25) is 0 Å². The third-order valence-electron chi connectivity index (χ3n) is 4.16. The van der Waals surface area contributed by atoms with Crippen LogP contribution in [-0.2, 0) is 14.8 Å². The van der Waals surface area contributed by atoms with Crippen LogP contribution in [0.25, 0.3) is 0 Å². The minimum absolute atomic E-state index is 0.0915. The van der Waals surface area contributed by atoms with Gasteiger partial charge in [-0.25, -0.2) is 8.42 Å². The smallest absolute Gasteiger partial charge is 0.216 e. The molecule has 2 aliphatic heterocycles. The van der Waals surface area contributed by atoms with Gasteiger partial charge < -0.3 is 10.1 Å². The van der Waals surface area contributed by atoms with Crippen LogP contribution in [0.5, 0.6) is 0 Å². The third kappa shape index (κ3) is 4.41. The molecule has 5 nitrogen and oxygen atoms in total. The van der Waals surface area contributed by atoms with Crippen LogP contribution in [0, 0.1) is 0 Å². The van der Waals surface area contributed by atoms with Crippen molar-refractivity contribution in [3.05, 3.63) is 0 Å². The Bertz CT molecular complexity index is 380. The van der Waals surface area contributed by atoms with Gasteiger partial charge in [0.05, 0.1) is 11.9 Å². The van der Waals surface area contributed by atoms with Crippen LogP contribution in [0.1, 0.15) is 45.4 Å². The molecule has 6 heteroatoms. The molecule has 0 aliphatic carbocycles. The average Bonchev–Trinajstić information content (AvgIpc) is 2.91. The molecule has 0 aromatic carbocycles. The highest BCUT2D eigenvalue weighted by atomic mass is 32.2. The van der Waals surface area contributed by atoms with Crippen LogP contribution in [-0.4, -0.2) is 56.9 Å². The van der Waals surface area contributed by atoms with Crippen molar-refractivity contribution >= 4 is 10.0 Å². The molecule has 2 saturated heterocycles. The number of rotatable bonds is 7. The molecule has 0 aromatic heterocycles. The first-order chi connectivity index (χ1) is 9.63. The SMILES string of the molecule is CCCNCC1CCCCN1S(=O)(=O)CC1CCCO1. The number of piperidine rings is 1. The van der Waals surface area contributed by atoms with Crippen LogP contribution in [0.2, 0.25) is 0 Å². The lowest BCUT2D eigenvalue weighted by Crippen LogP contribution is -2.50. The summed E-state index contributed by atoms with van der Waals surface area (Å²) in [6.07, 6.45) is 5.94. The van der Waals surface area contributed by atoms with Crippen LogP contribution >= 0.6 is 0 Å². The van der Waals surface area contributed by atoms with Crippen molar-refractivity contribution in [3.8, 4) is 0 Å². The molecule has 2 heterocycles. The predicted octanol–water partition coefficient (Wildman–Crippen LogP) is 1.35. The van der Waals surface area contributed by atoms with Gasteiger partial charge >= 0.3 is 0 Å². The molecular weight excluding hydrogens is 276 g/mol. The summed E-state index contributed by atoms with van der Waals surface area (Å²) in [5.41, 5.74) is 0. The highest BCUT2D eigenvalue weighted by Crippen LogP contribution is 2.23. The predicted molar refractivity (Wildman–Crippen MR) is 80.3 cm³/mol. The molecule has 0 saturated carbocycles. The second-order valence-electron chi connectivity index (χ2n) is 5.88. The molecule has 0 bridgehead atoms. The summed E-state index contributed by atoms with van der Waals surface area (Å²) in [6.45, 7) is 5.24. The lowest BCUT2D eigenvalue weighted by molar-refractivity contribution is 0.125. The van der Waals surface area contributed by atoms with E-state index in [1.165, 1.54) is 0 Å². The summed E-state index contributed by atoms with van der Waals surface area (Å²) in [7, 11) is -3.18. The fraction of sp³-hybridized carbons (Fsp3) is 1.00. The molecule has 2 atom stereocenters. The van der Waals surface area contributed by atoms with E-state index in [4.69, 9.17) is 4.74 Å². The first-order valence-electron chi connectivity index (χ1n) is 7.95. The second-order valence-corrected chi connectivity index (χ2v) is 7.84. The Morgan fingerprint density at radius 3 is 2.80 bits per heavy atom. The molecule has 20 heavy (non-hydrogen) atoms. The summed E-state index contributed by atoms with van der Waals surface area (Å²) in [5, 5.41) is 3.36. The van der Waals surface area contributed by atoms with Crippen molar-refractivity contribution in [3.63, 3.8) is 0 Å². The quantitative estimate of drug-likeness (QED) is 0.721. The molecule has 1 N–H and O–H groups in total. The zero-order chi connectivity index (χ0) is 14.4. The van der Waals surface area contributed by atoms with Gasteiger partial charge in [0, 0.05) is 25.7 Å². The fourth-order valence-electron chi connectivity index (χ4n) is 3.10. The maximum Gasteiger partial charge on any atom is 0.216 e. The normalized spacial score (nSPS) is 28.9. The largest absolute Gasteiger partial charge is 0.377 e. The van der Waals surface area contributed by atoms with E-state index in [0.29, 0.717) is 13.2 Å².